The Morgan fingerprint density at radius 2 is 2.00 bits per heavy atom. The number of rotatable bonds is 3. The Hall–Kier alpha value is -1.85. The quantitative estimate of drug-likeness (QED) is 0.915. The van der Waals surface area contributed by atoms with Gasteiger partial charge in [-0.25, -0.2) is 8.78 Å². The van der Waals surface area contributed by atoms with Crippen molar-refractivity contribution in [2.45, 2.75) is 24.7 Å². The van der Waals surface area contributed by atoms with Crippen LogP contribution < -0.4 is 9.47 Å². The maximum Gasteiger partial charge on any atom is 0.304 e. The number of carbonyl (C=O) groups is 1. The van der Waals surface area contributed by atoms with Gasteiger partial charge in [0.05, 0.1) is 6.42 Å². The Labute approximate surface area is 107 Å². The zero-order valence-corrected chi connectivity index (χ0v) is 10.0. The highest BCUT2D eigenvalue weighted by Gasteiger charge is 2.51. The largest absolute Gasteiger partial charge is 0.486 e. The van der Waals surface area contributed by atoms with E-state index in [2.05, 4.69) is 0 Å². The summed E-state index contributed by atoms with van der Waals surface area (Å²) in [4.78, 5) is 10.9. The highest BCUT2D eigenvalue weighted by atomic mass is 19.2. The summed E-state index contributed by atoms with van der Waals surface area (Å²) in [6.07, 6.45) is 0.786. The minimum Gasteiger partial charge on any atom is -0.486 e. The summed E-state index contributed by atoms with van der Waals surface area (Å²) in [6.45, 7) is 0.512. The summed E-state index contributed by atoms with van der Waals surface area (Å²) < 4.78 is 38.3. The van der Waals surface area contributed by atoms with Crippen molar-refractivity contribution in [2.24, 2.45) is 0 Å². The highest BCUT2D eigenvalue weighted by Crippen LogP contribution is 2.57. The van der Waals surface area contributed by atoms with E-state index in [0.717, 1.165) is 6.07 Å². The van der Waals surface area contributed by atoms with Crippen molar-refractivity contribution in [3.8, 4) is 11.5 Å². The van der Waals surface area contributed by atoms with Crippen LogP contribution in [0, 0.1) is 11.6 Å². The van der Waals surface area contributed by atoms with Gasteiger partial charge in [-0.15, -0.1) is 0 Å². The fraction of sp³-hybridized carbons (Fsp3) is 0.462. The van der Waals surface area contributed by atoms with Crippen molar-refractivity contribution in [3.63, 3.8) is 0 Å². The lowest BCUT2D eigenvalue weighted by Crippen LogP contribution is -2.22. The van der Waals surface area contributed by atoms with Crippen LogP contribution in [0.25, 0.3) is 0 Å². The third-order valence-electron chi connectivity index (χ3n) is 3.60. The zero-order valence-electron chi connectivity index (χ0n) is 10.0. The first-order valence-electron chi connectivity index (χ1n) is 6.03. The van der Waals surface area contributed by atoms with Crippen LogP contribution in [0.4, 0.5) is 8.78 Å². The molecular weight excluding hydrogens is 258 g/mol. The molecule has 1 aliphatic heterocycles. The molecule has 1 fully saturated rings. The second kappa shape index (κ2) is 4.08. The second-order valence-corrected chi connectivity index (χ2v) is 4.92. The summed E-state index contributed by atoms with van der Waals surface area (Å²) in [6, 6.07) is 0.949. The maximum absolute atomic E-state index is 14.1. The van der Waals surface area contributed by atoms with Gasteiger partial charge in [-0.1, -0.05) is 0 Å². The van der Waals surface area contributed by atoms with Crippen LogP contribution in [0.15, 0.2) is 6.07 Å². The van der Waals surface area contributed by atoms with E-state index in [1.807, 2.05) is 0 Å². The average Bonchev–Trinajstić information content (AvgIpc) is 3.10. The van der Waals surface area contributed by atoms with Crippen LogP contribution in [0.3, 0.4) is 0 Å². The molecule has 1 heterocycles. The number of carboxylic acid groups (broad SMARTS) is 1. The molecule has 1 aromatic rings. The Kier molecular flexibility index (Phi) is 2.62. The molecule has 0 atom stereocenters. The van der Waals surface area contributed by atoms with Crippen molar-refractivity contribution < 1.29 is 28.2 Å². The normalized spacial score (nSPS) is 19.1. The van der Waals surface area contributed by atoms with E-state index in [4.69, 9.17) is 14.6 Å². The molecule has 1 saturated carbocycles. The fourth-order valence-corrected chi connectivity index (χ4v) is 2.56. The van der Waals surface area contributed by atoms with Gasteiger partial charge in [0.15, 0.2) is 23.1 Å². The summed E-state index contributed by atoms with van der Waals surface area (Å²) in [7, 11) is 0. The molecule has 0 spiro atoms. The molecule has 0 aromatic heterocycles. The molecule has 102 valence electrons. The number of hydrogen-bond acceptors (Lipinski definition) is 3. The standard InChI is InChI=1S/C13H12F2O4/c14-7-5-8-12(19-4-3-18-8)10(11(7)15)13(1-2-13)6-9(16)17/h5H,1-4,6H2,(H,16,17). The SMILES string of the molecule is O=C(O)CC1(c2c(F)c(F)cc3c2OCCO3)CC1. The molecule has 0 unspecified atom stereocenters. The lowest BCUT2D eigenvalue weighted by Gasteiger charge is -2.25. The number of hydrogen-bond donors (Lipinski definition) is 1. The van der Waals surface area contributed by atoms with Gasteiger partial charge in [-0.3, -0.25) is 4.79 Å². The lowest BCUT2D eigenvalue weighted by molar-refractivity contribution is -0.137. The number of ether oxygens (including phenoxy) is 2. The van der Waals surface area contributed by atoms with Gasteiger partial charge >= 0.3 is 5.97 Å². The van der Waals surface area contributed by atoms with E-state index in [9.17, 15) is 13.6 Å². The van der Waals surface area contributed by atoms with Crippen molar-refractivity contribution in [3.05, 3.63) is 23.3 Å². The van der Waals surface area contributed by atoms with E-state index in [1.165, 1.54) is 0 Å². The van der Waals surface area contributed by atoms with Gasteiger partial charge in [-0.05, 0) is 12.8 Å². The first-order chi connectivity index (χ1) is 9.03. The first kappa shape index (κ1) is 12.2. The zero-order chi connectivity index (χ0) is 13.6. The number of aliphatic carboxylic acids is 1. The predicted octanol–water partition coefficient (Wildman–Crippen LogP) is 2.24. The van der Waals surface area contributed by atoms with E-state index in [-0.39, 0.29) is 36.7 Å². The van der Waals surface area contributed by atoms with Crippen LogP contribution in [0.5, 0.6) is 11.5 Å². The average molecular weight is 270 g/mol. The Bertz CT molecular complexity index is 552. The lowest BCUT2D eigenvalue weighted by atomic mass is 9.90. The molecule has 0 amide bonds. The minimum absolute atomic E-state index is 0.0181. The number of benzene rings is 1. The van der Waals surface area contributed by atoms with Gasteiger partial charge in [0, 0.05) is 17.0 Å². The third-order valence-corrected chi connectivity index (χ3v) is 3.60. The minimum atomic E-state index is -1.04. The molecule has 0 bridgehead atoms. The highest BCUT2D eigenvalue weighted by molar-refractivity contribution is 5.71. The number of fused-ring (bicyclic) bond motifs is 1. The van der Waals surface area contributed by atoms with E-state index < -0.39 is 23.0 Å². The third kappa shape index (κ3) is 1.91. The van der Waals surface area contributed by atoms with Crippen LogP contribution in [0.2, 0.25) is 0 Å². The number of carboxylic acids is 1. The molecule has 1 aliphatic carbocycles. The van der Waals surface area contributed by atoms with Crippen LogP contribution >= 0.6 is 0 Å². The Morgan fingerprint density at radius 1 is 1.32 bits per heavy atom. The molecule has 0 radical (unpaired) electrons. The van der Waals surface area contributed by atoms with Crippen LogP contribution in [-0.4, -0.2) is 24.3 Å². The van der Waals surface area contributed by atoms with Gasteiger partial charge in [0.2, 0.25) is 0 Å². The summed E-state index contributed by atoms with van der Waals surface area (Å²) in [5, 5.41) is 8.93. The molecule has 6 heteroatoms. The van der Waals surface area contributed by atoms with Crippen molar-refractivity contribution in [2.75, 3.05) is 13.2 Å². The molecule has 1 N–H and O–H groups in total. The van der Waals surface area contributed by atoms with Crippen LogP contribution in [-0.2, 0) is 10.2 Å². The summed E-state index contributed by atoms with van der Waals surface area (Å²) in [5.74, 6) is -2.79. The second-order valence-electron chi connectivity index (χ2n) is 4.92. The fourth-order valence-electron chi connectivity index (χ4n) is 2.56. The van der Waals surface area contributed by atoms with E-state index in [1.54, 1.807) is 0 Å². The van der Waals surface area contributed by atoms with Gasteiger partial charge in [0.25, 0.3) is 0 Å². The maximum atomic E-state index is 14.1. The van der Waals surface area contributed by atoms with Crippen molar-refractivity contribution in [1.82, 2.24) is 0 Å². The molecule has 3 rings (SSSR count). The smallest absolute Gasteiger partial charge is 0.304 e. The van der Waals surface area contributed by atoms with Gasteiger partial charge in [0.1, 0.15) is 13.2 Å². The van der Waals surface area contributed by atoms with E-state index >= 15 is 0 Å². The van der Waals surface area contributed by atoms with Gasteiger partial charge in [-0.2, -0.15) is 0 Å². The van der Waals surface area contributed by atoms with Gasteiger partial charge < -0.3 is 14.6 Å². The monoisotopic (exact) mass is 270 g/mol. The topological polar surface area (TPSA) is 55.8 Å². The molecule has 0 saturated heterocycles. The predicted molar refractivity (Wildman–Crippen MR) is 60.5 cm³/mol. The van der Waals surface area contributed by atoms with Crippen molar-refractivity contribution in [1.29, 1.82) is 0 Å². The number of halogens is 2. The van der Waals surface area contributed by atoms with Crippen molar-refractivity contribution >= 4 is 5.97 Å². The molecule has 2 aliphatic rings. The molecular formula is C13H12F2O4. The molecule has 1 aromatic carbocycles. The van der Waals surface area contributed by atoms with E-state index in [0.29, 0.717) is 12.8 Å². The first-order valence-corrected chi connectivity index (χ1v) is 6.03. The summed E-state index contributed by atoms with van der Waals surface area (Å²) >= 11 is 0. The molecule has 19 heavy (non-hydrogen) atoms. The summed E-state index contributed by atoms with van der Waals surface area (Å²) in [5.41, 5.74) is -0.840. The molecule has 4 nitrogen and oxygen atoms in total. The Morgan fingerprint density at radius 3 is 2.63 bits per heavy atom. The Balaban J connectivity index is 2.14. The van der Waals surface area contributed by atoms with Crippen LogP contribution in [0.1, 0.15) is 24.8 Å².